The highest BCUT2D eigenvalue weighted by Crippen LogP contribution is 2.31. The lowest BCUT2D eigenvalue weighted by Gasteiger charge is -2.13. The maximum absolute atomic E-state index is 12.4. The summed E-state index contributed by atoms with van der Waals surface area (Å²) in [6.07, 6.45) is -4.81. The molecule has 19 heavy (non-hydrogen) atoms. The van der Waals surface area contributed by atoms with Gasteiger partial charge in [-0.1, -0.05) is 15.9 Å². The van der Waals surface area contributed by atoms with Crippen LogP contribution in [0.15, 0.2) is 22.7 Å². The van der Waals surface area contributed by atoms with Crippen molar-refractivity contribution >= 4 is 15.9 Å². The summed E-state index contributed by atoms with van der Waals surface area (Å²) in [4.78, 5) is 0. The van der Waals surface area contributed by atoms with Crippen LogP contribution in [0.3, 0.4) is 0 Å². The molecule has 0 spiro atoms. The second-order valence-electron chi connectivity index (χ2n) is 3.37. The average molecular weight is 338 g/mol. The summed E-state index contributed by atoms with van der Waals surface area (Å²) in [7, 11) is 0. The van der Waals surface area contributed by atoms with E-state index in [0.29, 0.717) is 4.47 Å². The molecule has 102 valence electrons. The van der Waals surface area contributed by atoms with Crippen LogP contribution in [-0.4, -0.2) is 26.6 Å². The molecule has 0 aliphatic carbocycles. The summed E-state index contributed by atoms with van der Waals surface area (Å²) in [6, 6.07) is 4.10. The van der Waals surface area contributed by atoms with Gasteiger partial charge in [-0.2, -0.15) is 4.68 Å². The molecule has 2 N–H and O–H groups in total. The Balaban J connectivity index is 2.51. The van der Waals surface area contributed by atoms with Gasteiger partial charge in [0.05, 0.1) is 6.54 Å². The minimum absolute atomic E-state index is 0.0193. The largest absolute Gasteiger partial charge is 0.573 e. The zero-order valence-electron chi connectivity index (χ0n) is 9.23. The Labute approximate surface area is 113 Å². The summed E-state index contributed by atoms with van der Waals surface area (Å²) in [5, 5.41) is 10.6. The van der Waals surface area contributed by atoms with E-state index >= 15 is 0 Å². The lowest BCUT2D eigenvalue weighted by Crippen LogP contribution is -2.19. The number of alkyl halides is 3. The molecule has 0 saturated heterocycles. The van der Waals surface area contributed by atoms with Crippen LogP contribution in [0.4, 0.5) is 13.2 Å². The number of benzene rings is 1. The smallest absolute Gasteiger partial charge is 0.403 e. The molecule has 0 amide bonds. The van der Waals surface area contributed by atoms with Crippen LogP contribution in [0.5, 0.6) is 5.75 Å². The predicted molar refractivity (Wildman–Crippen MR) is 61.4 cm³/mol. The first-order valence-electron chi connectivity index (χ1n) is 4.93. The molecule has 0 bridgehead atoms. The van der Waals surface area contributed by atoms with Gasteiger partial charge in [0.25, 0.3) is 0 Å². The van der Waals surface area contributed by atoms with Crippen LogP contribution in [0.2, 0.25) is 0 Å². The van der Waals surface area contributed by atoms with E-state index < -0.39 is 12.1 Å². The molecule has 1 aromatic heterocycles. The Morgan fingerprint density at radius 3 is 2.74 bits per heavy atom. The molecule has 2 aromatic rings. The summed E-state index contributed by atoms with van der Waals surface area (Å²) in [5.41, 5.74) is 5.45. The Kier molecular flexibility index (Phi) is 3.71. The number of hydrogen-bond acceptors (Lipinski definition) is 5. The van der Waals surface area contributed by atoms with E-state index in [0.717, 1.165) is 4.68 Å². The molecule has 0 radical (unpaired) electrons. The van der Waals surface area contributed by atoms with E-state index in [4.69, 9.17) is 5.73 Å². The Bertz CT molecular complexity index is 585. The van der Waals surface area contributed by atoms with Crippen molar-refractivity contribution in [1.29, 1.82) is 0 Å². The second-order valence-corrected chi connectivity index (χ2v) is 4.29. The van der Waals surface area contributed by atoms with Crippen molar-refractivity contribution in [3.05, 3.63) is 28.5 Å². The van der Waals surface area contributed by atoms with Crippen LogP contribution in [0, 0.1) is 0 Å². The number of tetrazole rings is 1. The lowest BCUT2D eigenvalue weighted by molar-refractivity contribution is -0.274. The molecule has 0 unspecified atom stereocenters. The van der Waals surface area contributed by atoms with Gasteiger partial charge in [0.15, 0.2) is 11.6 Å². The number of hydrogen-bond donors (Lipinski definition) is 1. The van der Waals surface area contributed by atoms with Crippen molar-refractivity contribution in [2.75, 3.05) is 0 Å². The van der Waals surface area contributed by atoms with Crippen molar-refractivity contribution in [1.82, 2.24) is 20.2 Å². The van der Waals surface area contributed by atoms with Crippen molar-refractivity contribution in [2.24, 2.45) is 5.73 Å². The van der Waals surface area contributed by atoms with Gasteiger partial charge >= 0.3 is 6.36 Å². The fraction of sp³-hybridized carbons (Fsp3) is 0.222. The summed E-state index contributed by atoms with van der Waals surface area (Å²) in [6.45, 7) is -0.0193. The maximum Gasteiger partial charge on any atom is 0.573 e. The van der Waals surface area contributed by atoms with Gasteiger partial charge in [0.2, 0.25) is 0 Å². The normalized spacial score (nSPS) is 11.6. The summed E-state index contributed by atoms with van der Waals surface area (Å²) in [5.74, 6) is -0.210. The average Bonchev–Trinajstić information content (AvgIpc) is 2.75. The lowest BCUT2D eigenvalue weighted by atomic mass is 10.3. The zero-order valence-corrected chi connectivity index (χ0v) is 10.8. The summed E-state index contributed by atoms with van der Waals surface area (Å²) < 4.78 is 42.5. The van der Waals surface area contributed by atoms with Gasteiger partial charge in [-0.05, 0) is 28.6 Å². The molecular weight excluding hydrogens is 331 g/mol. The van der Waals surface area contributed by atoms with Crippen LogP contribution in [0.1, 0.15) is 5.82 Å². The molecule has 2 rings (SSSR count). The first-order valence-corrected chi connectivity index (χ1v) is 5.73. The highest BCUT2D eigenvalue weighted by atomic mass is 79.9. The van der Waals surface area contributed by atoms with Gasteiger partial charge in [-0.15, -0.1) is 18.3 Å². The monoisotopic (exact) mass is 337 g/mol. The minimum atomic E-state index is -4.81. The number of rotatable bonds is 3. The molecule has 6 nitrogen and oxygen atoms in total. The second kappa shape index (κ2) is 5.13. The first kappa shape index (κ1) is 13.7. The highest BCUT2D eigenvalue weighted by molar-refractivity contribution is 9.10. The molecule has 1 aromatic carbocycles. The number of ether oxygens (including phenoxy) is 1. The van der Waals surface area contributed by atoms with Crippen molar-refractivity contribution in [3.8, 4) is 11.4 Å². The van der Waals surface area contributed by atoms with Crippen LogP contribution < -0.4 is 10.5 Å². The van der Waals surface area contributed by atoms with Gasteiger partial charge in [-0.3, -0.25) is 0 Å². The number of nitrogens with zero attached hydrogens (tertiary/aromatic N) is 4. The molecule has 0 saturated carbocycles. The molecule has 0 atom stereocenters. The quantitative estimate of drug-likeness (QED) is 0.923. The number of halogens is 4. The van der Waals surface area contributed by atoms with E-state index in [-0.39, 0.29) is 18.1 Å². The van der Waals surface area contributed by atoms with E-state index in [9.17, 15) is 13.2 Å². The van der Waals surface area contributed by atoms with Crippen LogP contribution in [-0.2, 0) is 6.54 Å². The summed E-state index contributed by atoms with van der Waals surface area (Å²) >= 11 is 3.07. The maximum atomic E-state index is 12.4. The van der Waals surface area contributed by atoms with Crippen LogP contribution in [0.25, 0.3) is 5.69 Å². The van der Waals surface area contributed by atoms with Gasteiger partial charge in [0.1, 0.15) is 5.69 Å². The highest BCUT2D eigenvalue weighted by Gasteiger charge is 2.32. The van der Waals surface area contributed by atoms with Gasteiger partial charge < -0.3 is 10.5 Å². The topological polar surface area (TPSA) is 78.9 Å². The van der Waals surface area contributed by atoms with Gasteiger partial charge in [0, 0.05) is 4.47 Å². The SMILES string of the molecule is NCc1nnnn1-c1ccc(Br)cc1OC(F)(F)F. The van der Waals surface area contributed by atoms with E-state index in [2.05, 4.69) is 36.2 Å². The minimum Gasteiger partial charge on any atom is -0.403 e. The third-order valence-electron chi connectivity index (χ3n) is 2.09. The fourth-order valence-corrected chi connectivity index (χ4v) is 1.73. The van der Waals surface area contributed by atoms with E-state index in [1.165, 1.54) is 12.1 Å². The Morgan fingerprint density at radius 1 is 1.37 bits per heavy atom. The molecular formula is C9H7BrF3N5O. The Hall–Kier alpha value is -1.68. The van der Waals surface area contributed by atoms with Crippen molar-refractivity contribution < 1.29 is 17.9 Å². The third kappa shape index (κ3) is 3.20. The van der Waals surface area contributed by atoms with Crippen LogP contribution >= 0.6 is 15.9 Å². The molecule has 1 heterocycles. The Morgan fingerprint density at radius 2 is 2.11 bits per heavy atom. The van der Waals surface area contributed by atoms with E-state index in [1.54, 1.807) is 6.07 Å². The number of nitrogens with two attached hydrogens (primary N) is 1. The molecule has 10 heteroatoms. The number of aromatic nitrogens is 4. The molecule has 0 fully saturated rings. The van der Waals surface area contributed by atoms with E-state index in [1.807, 2.05) is 0 Å². The first-order chi connectivity index (χ1) is 8.90. The predicted octanol–water partition coefficient (Wildman–Crippen LogP) is 1.78. The zero-order chi connectivity index (χ0) is 14.0. The molecule has 0 aliphatic heterocycles. The third-order valence-corrected chi connectivity index (χ3v) is 2.59. The van der Waals surface area contributed by atoms with Crippen molar-refractivity contribution in [3.63, 3.8) is 0 Å². The van der Waals surface area contributed by atoms with Crippen molar-refractivity contribution in [2.45, 2.75) is 12.9 Å². The standard InChI is InChI=1S/C9H7BrF3N5O/c10-5-1-2-6(7(3-5)19-9(11,12)13)18-8(4-14)15-16-17-18/h1-3H,4,14H2. The molecule has 0 aliphatic rings. The fourth-order valence-electron chi connectivity index (χ4n) is 1.39. The van der Waals surface area contributed by atoms with Gasteiger partial charge in [-0.25, -0.2) is 0 Å².